The molecule has 1 aliphatic rings. The van der Waals surface area contributed by atoms with Crippen molar-refractivity contribution in [1.82, 2.24) is 9.88 Å². The molecule has 3 atom stereocenters. The number of pyridine rings is 1. The maximum absolute atomic E-state index is 14.8. The van der Waals surface area contributed by atoms with Crippen molar-refractivity contribution in [1.29, 1.82) is 0 Å². The van der Waals surface area contributed by atoms with Crippen LogP contribution in [0.25, 0.3) is 10.9 Å². The van der Waals surface area contributed by atoms with Crippen molar-refractivity contribution >= 4 is 28.6 Å². The number of likely N-dealkylation sites (tertiary alicyclic amines) is 1. The van der Waals surface area contributed by atoms with Crippen LogP contribution in [-0.2, 0) is 4.79 Å². The predicted octanol–water partition coefficient (Wildman–Crippen LogP) is 4.98. The van der Waals surface area contributed by atoms with E-state index >= 15 is 0 Å². The van der Waals surface area contributed by atoms with Crippen molar-refractivity contribution < 1.29 is 19.0 Å². The number of carboxylic acid groups (broad SMARTS) is 1. The first-order chi connectivity index (χ1) is 17.0. The molecular weight excluding hydrogens is 465 g/mol. The minimum absolute atomic E-state index is 0.0160. The zero-order valence-electron chi connectivity index (χ0n) is 19.9. The lowest BCUT2D eigenvalue weighted by Crippen LogP contribution is -2.44. The highest BCUT2D eigenvalue weighted by Crippen LogP contribution is 2.34. The summed E-state index contributed by atoms with van der Waals surface area (Å²) in [5, 5.41) is 10.5. The van der Waals surface area contributed by atoms with Gasteiger partial charge in [-0.1, -0.05) is 18.2 Å². The van der Waals surface area contributed by atoms with Gasteiger partial charge in [0.15, 0.2) is 0 Å². The van der Waals surface area contributed by atoms with Crippen LogP contribution in [0.15, 0.2) is 59.6 Å². The Labute approximate surface area is 209 Å². The smallest absolute Gasteiger partial charge is 0.308 e. The van der Waals surface area contributed by atoms with E-state index in [0.717, 1.165) is 25.3 Å². The molecule has 2 aromatic carbocycles. The molecule has 0 bridgehead atoms. The average molecular weight is 498 g/mol. The van der Waals surface area contributed by atoms with Gasteiger partial charge >= 0.3 is 5.97 Å². The molecule has 0 aliphatic carbocycles. The molecule has 3 N–H and O–H groups in total. The van der Waals surface area contributed by atoms with E-state index in [9.17, 15) is 14.3 Å². The van der Waals surface area contributed by atoms with Crippen molar-refractivity contribution in [2.75, 3.05) is 32.5 Å². The molecule has 6 nitrogen and oxygen atoms in total. The molecule has 2 heterocycles. The van der Waals surface area contributed by atoms with Crippen LogP contribution in [0.5, 0.6) is 5.75 Å². The van der Waals surface area contributed by atoms with E-state index in [1.807, 2.05) is 18.2 Å². The number of hydrogen-bond donors (Lipinski definition) is 2. The Hall–Kier alpha value is -2.68. The average Bonchev–Trinajstić information content (AvgIpc) is 2.87. The first-order valence-corrected chi connectivity index (χ1v) is 13.0. The molecule has 0 saturated carbocycles. The first-order valence-electron chi connectivity index (χ1n) is 12.0. The first kappa shape index (κ1) is 25.4. The molecule has 35 heavy (non-hydrogen) atoms. The van der Waals surface area contributed by atoms with Crippen LogP contribution in [0.1, 0.15) is 30.9 Å². The largest absolute Gasteiger partial charge is 0.497 e. The number of aromatic nitrogens is 1. The summed E-state index contributed by atoms with van der Waals surface area (Å²) in [4.78, 5) is 19.7. The number of hydrogen-bond acceptors (Lipinski definition) is 6. The number of carboxylic acids is 1. The van der Waals surface area contributed by atoms with Crippen molar-refractivity contribution in [3.8, 4) is 5.75 Å². The van der Waals surface area contributed by atoms with E-state index in [4.69, 9.17) is 10.5 Å². The van der Waals surface area contributed by atoms with Crippen LogP contribution in [0, 0.1) is 17.7 Å². The number of halogens is 1. The summed E-state index contributed by atoms with van der Waals surface area (Å²) in [6.45, 7) is 2.25. The lowest BCUT2D eigenvalue weighted by atomic mass is 9.81. The lowest BCUT2D eigenvalue weighted by Gasteiger charge is -2.37. The van der Waals surface area contributed by atoms with Crippen molar-refractivity contribution in [3.63, 3.8) is 0 Å². The molecule has 1 aromatic heterocycles. The minimum atomic E-state index is -0.769. The number of carbonyl (C=O) groups is 1. The highest BCUT2D eigenvalue weighted by Gasteiger charge is 2.34. The number of aliphatic carboxylic acids is 1. The standard InChI is InChI=1S/C27H32FN3O3S/c1-34-19-8-10-25-21(15-19)26(23(28)16-30-25)24(29)9-7-18-11-12-31(17-22(18)27(32)33)13-14-35-20-5-3-2-4-6-20/h2-6,8,10,15-16,18,22,24H,7,9,11-14,17,29H2,1H3,(H,32,33)/t18-,22+,24-/m0/s1. The summed E-state index contributed by atoms with van der Waals surface area (Å²) in [6, 6.07) is 15.0. The number of methoxy groups -OCH3 is 1. The van der Waals surface area contributed by atoms with Crippen LogP contribution in [0.3, 0.4) is 0 Å². The van der Waals surface area contributed by atoms with E-state index in [2.05, 4.69) is 22.0 Å². The number of nitrogens with zero attached hydrogens (tertiary/aromatic N) is 2. The monoisotopic (exact) mass is 497 g/mol. The van der Waals surface area contributed by atoms with Gasteiger partial charge in [-0.25, -0.2) is 4.39 Å². The topological polar surface area (TPSA) is 88.7 Å². The van der Waals surface area contributed by atoms with Gasteiger partial charge in [0.2, 0.25) is 0 Å². The van der Waals surface area contributed by atoms with Crippen LogP contribution in [0.2, 0.25) is 0 Å². The Morgan fingerprint density at radius 3 is 2.86 bits per heavy atom. The molecule has 4 rings (SSSR count). The zero-order valence-corrected chi connectivity index (χ0v) is 20.7. The van der Waals surface area contributed by atoms with Crippen LogP contribution in [-0.4, -0.2) is 53.5 Å². The Morgan fingerprint density at radius 2 is 2.11 bits per heavy atom. The van der Waals surface area contributed by atoms with Gasteiger partial charge < -0.3 is 20.5 Å². The predicted molar refractivity (Wildman–Crippen MR) is 137 cm³/mol. The summed E-state index contributed by atoms with van der Waals surface area (Å²) in [5.74, 6) is -0.113. The maximum Gasteiger partial charge on any atom is 0.308 e. The lowest BCUT2D eigenvalue weighted by molar-refractivity contribution is -0.146. The Kier molecular flexibility index (Phi) is 8.59. The van der Waals surface area contributed by atoms with Gasteiger partial charge in [0, 0.05) is 40.7 Å². The molecule has 186 valence electrons. The second-order valence-corrected chi connectivity index (χ2v) is 10.2. The fourth-order valence-electron chi connectivity index (χ4n) is 4.92. The summed E-state index contributed by atoms with van der Waals surface area (Å²) in [5.41, 5.74) is 7.54. The second kappa shape index (κ2) is 11.8. The van der Waals surface area contributed by atoms with Gasteiger partial charge in [0.25, 0.3) is 0 Å². The van der Waals surface area contributed by atoms with E-state index < -0.39 is 23.7 Å². The highest BCUT2D eigenvalue weighted by molar-refractivity contribution is 7.99. The minimum Gasteiger partial charge on any atom is -0.497 e. The molecule has 1 fully saturated rings. The van der Waals surface area contributed by atoms with Gasteiger partial charge in [0.1, 0.15) is 11.6 Å². The van der Waals surface area contributed by atoms with E-state index in [0.29, 0.717) is 41.6 Å². The van der Waals surface area contributed by atoms with Crippen LogP contribution >= 0.6 is 11.8 Å². The van der Waals surface area contributed by atoms with Gasteiger partial charge in [-0.2, -0.15) is 0 Å². The molecule has 0 amide bonds. The van der Waals surface area contributed by atoms with Gasteiger partial charge in [0.05, 0.1) is 24.7 Å². The molecule has 0 spiro atoms. The van der Waals surface area contributed by atoms with Crippen molar-refractivity contribution in [2.45, 2.75) is 30.2 Å². The molecule has 0 unspecified atom stereocenters. The van der Waals surface area contributed by atoms with E-state index in [1.54, 1.807) is 37.1 Å². The third-order valence-electron chi connectivity index (χ3n) is 6.86. The third-order valence-corrected chi connectivity index (χ3v) is 7.86. The summed E-state index contributed by atoms with van der Waals surface area (Å²) in [6.07, 6.45) is 3.15. The number of thioether (sulfide) groups is 1. The molecule has 0 radical (unpaired) electrons. The summed E-state index contributed by atoms with van der Waals surface area (Å²) >= 11 is 1.79. The fourth-order valence-corrected chi connectivity index (χ4v) is 5.85. The number of fused-ring (bicyclic) bond motifs is 1. The number of nitrogens with two attached hydrogens (primary N) is 1. The van der Waals surface area contributed by atoms with Gasteiger partial charge in [-0.15, -0.1) is 11.8 Å². The quantitative estimate of drug-likeness (QED) is 0.382. The third kappa shape index (κ3) is 6.31. The highest BCUT2D eigenvalue weighted by atomic mass is 32.2. The number of benzene rings is 2. The van der Waals surface area contributed by atoms with Crippen molar-refractivity contribution in [3.05, 3.63) is 66.1 Å². The number of rotatable bonds is 10. The van der Waals surface area contributed by atoms with Crippen LogP contribution in [0.4, 0.5) is 4.39 Å². The normalized spacial score (nSPS) is 19.5. The van der Waals surface area contributed by atoms with Gasteiger partial charge in [-0.05, 0) is 62.1 Å². The summed E-state index contributed by atoms with van der Waals surface area (Å²) in [7, 11) is 1.56. The van der Waals surface area contributed by atoms with Crippen molar-refractivity contribution in [2.24, 2.45) is 17.6 Å². The van der Waals surface area contributed by atoms with Gasteiger partial charge in [-0.3, -0.25) is 9.78 Å². The number of ether oxygens (including phenoxy) is 1. The van der Waals surface area contributed by atoms with Crippen LogP contribution < -0.4 is 10.5 Å². The SMILES string of the molecule is COc1ccc2ncc(F)c([C@@H](N)CC[C@H]3CCN(CCSc4ccccc4)C[C@H]3C(=O)O)c2c1. The molecule has 1 aliphatic heterocycles. The summed E-state index contributed by atoms with van der Waals surface area (Å²) < 4.78 is 20.1. The van der Waals surface area contributed by atoms with E-state index in [1.165, 1.54) is 11.1 Å². The molecular formula is C27H32FN3O3S. The molecule has 1 saturated heterocycles. The second-order valence-electron chi connectivity index (χ2n) is 9.04. The Morgan fingerprint density at radius 1 is 1.31 bits per heavy atom. The molecule has 8 heteroatoms. The Bertz CT molecular complexity index is 1150. The Balaban J connectivity index is 1.37. The van der Waals surface area contributed by atoms with E-state index in [-0.39, 0.29) is 5.92 Å². The number of piperidine rings is 1. The fraction of sp³-hybridized carbons (Fsp3) is 0.407. The maximum atomic E-state index is 14.8. The zero-order chi connectivity index (χ0) is 24.8. The molecule has 3 aromatic rings.